The summed E-state index contributed by atoms with van der Waals surface area (Å²) < 4.78 is 16.6. The van der Waals surface area contributed by atoms with Gasteiger partial charge in [-0.2, -0.15) is 0 Å². The molecule has 0 saturated carbocycles. The molecule has 3 heterocycles. The number of hydrogen-bond acceptors (Lipinski definition) is 7. The Balaban J connectivity index is 1.42. The summed E-state index contributed by atoms with van der Waals surface area (Å²) >= 11 is 0. The molecule has 1 aromatic carbocycles. The molecule has 1 aromatic heterocycles. The summed E-state index contributed by atoms with van der Waals surface area (Å²) in [6, 6.07) is 7.71. The SMILES string of the molecule is COc1ccccc1-c1nnc(CC(=O)N2CCCC[C@H]2CN2CCOCC2)o1. The summed E-state index contributed by atoms with van der Waals surface area (Å²) in [6.07, 6.45) is 3.38. The summed E-state index contributed by atoms with van der Waals surface area (Å²) in [5.41, 5.74) is 0.726. The van der Waals surface area contributed by atoms with Gasteiger partial charge in [-0.05, 0) is 31.4 Å². The van der Waals surface area contributed by atoms with E-state index in [1.54, 1.807) is 7.11 Å². The Morgan fingerprint density at radius 2 is 2.00 bits per heavy atom. The number of likely N-dealkylation sites (tertiary alicyclic amines) is 1. The topological polar surface area (TPSA) is 80.9 Å². The molecule has 156 valence electrons. The van der Waals surface area contributed by atoms with Crippen molar-refractivity contribution in [3.8, 4) is 17.2 Å². The zero-order chi connectivity index (χ0) is 20.1. The molecular formula is C21H28N4O4. The first-order valence-electron chi connectivity index (χ1n) is 10.3. The Morgan fingerprint density at radius 3 is 2.83 bits per heavy atom. The minimum absolute atomic E-state index is 0.0539. The second-order valence-corrected chi connectivity index (χ2v) is 7.53. The maximum atomic E-state index is 13.0. The van der Waals surface area contributed by atoms with Gasteiger partial charge in [-0.25, -0.2) is 0 Å². The molecular weight excluding hydrogens is 372 g/mol. The highest BCUT2D eigenvalue weighted by atomic mass is 16.5. The number of para-hydroxylation sites is 1. The van der Waals surface area contributed by atoms with Crippen molar-refractivity contribution in [2.75, 3.05) is 46.5 Å². The third kappa shape index (κ3) is 4.76. The van der Waals surface area contributed by atoms with Crippen LogP contribution in [-0.4, -0.2) is 78.4 Å². The number of nitrogens with zero attached hydrogens (tertiary/aromatic N) is 4. The predicted molar refractivity (Wildman–Crippen MR) is 107 cm³/mol. The van der Waals surface area contributed by atoms with Crippen molar-refractivity contribution in [3.63, 3.8) is 0 Å². The number of rotatable bonds is 6. The quantitative estimate of drug-likeness (QED) is 0.734. The molecule has 0 unspecified atom stereocenters. The van der Waals surface area contributed by atoms with Gasteiger partial charge in [0.05, 0.1) is 25.9 Å². The van der Waals surface area contributed by atoms with Gasteiger partial charge in [0.1, 0.15) is 12.2 Å². The van der Waals surface area contributed by atoms with E-state index < -0.39 is 0 Å². The zero-order valence-electron chi connectivity index (χ0n) is 16.9. The van der Waals surface area contributed by atoms with Gasteiger partial charge in [0, 0.05) is 32.2 Å². The van der Waals surface area contributed by atoms with E-state index in [0.717, 1.165) is 64.2 Å². The molecule has 8 nitrogen and oxygen atoms in total. The Hall–Kier alpha value is -2.45. The van der Waals surface area contributed by atoms with Crippen molar-refractivity contribution in [1.29, 1.82) is 0 Å². The number of aromatic nitrogens is 2. The van der Waals surface area contributed by atoms with Crippen LogP contribution in [0.3, 0.4) is 0 Å². The van der Waals surface area contributed by atoms with Gasteiger partial charge in [0.2, 0.25) is 11.8 Å². The average Bonchev–Trinajstić information content (AvgIpc) is 3.23. The van der Waals surface area contributed by atoms with Crippen LogP contribution in [0, 0.1) is 0 Å². The molecule has 8 heteroatoms. The first kappa shape index (κ1) is 19.8. The molecule has 2 aliphatic heterocycles. The molecule has 0 aliphatic carbocycles. The van der Waals surface area contributed by atoms with Crippen LogP contribution in [0.25, 0.3) is 11.5 Å². The number of benzene rings is 1. The van der Waals surface area contributed by atoms with E-state index in [0.29, 0.717) is 17.5 Å². The Kier molecular flexibility index (Phi) is 6.41. The summed E-state index contributed by atoms with van der Waals surface area (Å²) in [6.45, 7) is 5.12. The van der Waals surface area contributed by atoms with Crippen molar-refractivity contribution in [2.24, 2.45) is 0 Å². The molecule has 0 bridgehead atoms. The first-order chi connectivity index (χ1) is 14.2. The lowest BCUT2D eigenvalue weighted by molar-refractivity contribution is -0.135. The predicted octanol–water partition coefficient (Wildman–Crippen LogP) is 2.00. The zero-order valence-corrected chi connectivity index (χ0v) is 16.9. The minimum atomic E-state index is 0.0539. The molecule has 4 rings (SSSR count). The number of carbonyl (C=O) groups is 1. The Bertz CT molecular complexity index is 819. The summed E-state index contributed by atoms with van der Waals surface area (Å²) in [5, 5.41) is 8.21. The van der Waals surface area contributed by atoms with E-state index >= 15 is 0 Å². The normalized spacial score (nSPS) is 20.6. The lowest BCUT2D eigenvalue weighted by Crippen LogP contribution is -2.51. The van der Waals surface area contributed by atoms with Crippen LogP contribution in [0.1, 0.15) is 25.2 Å². The van der Waals surface area contributed by atoms with Crippen molar-refractivity contribution in [2.45, 2.75) is 31.7 Å². The van der Waals surface area contributed by atoms with Crippen LogP contribution in [0.15, 0.2) is 28.7 Å². The van der Waals surface area contributed by atoms with E-state index in [-0.39, 0.29) is 18.4 Å². The molecule has 2 aliphatic rings. The van der Waals surface area contributed by atoms with Gasteiger partial charge in [-0.15, -0.1) is 10.2 Å². The number of methoxy groups -OCH3 is 1. The fourth-order valence-corrected chi connectivity index (χ4v) is 4.09. The van der Waals surface area contributed by atoms with Crippen molar-refractivity contribution in [1.82, 2.24) is 20.0 Å². The average molecular weight is 400 g/mol. The van der Waals surface area contributed by atoms with Crippen LogP contribution >= 0.6 is 0 Å². The molecule has 1 amide bonds. The molecule has 1 atom stereocenters. The lowest BCUT2D eigenvalue weighted by Gasteiger charge is -2.39. The standard InChI is InChI=1S/C21H28N4O4/c1-27-18-8-3-2-7-17(18)21-23-22-19(29-21)14-20(26)25-9-5-4-6-16(25)15-24-10-12-28-13-11-24/h2-3,7-8,16H,4-6,9-15H2,1H3/t16-/m0/s1. The number of ether oxygens (including phenoxy) is 2. The molecule has 0 N–H and O–H groups in total. The minimum Gasteiger partial charge on any atom is -0.496 e. The Labute approximate surface area is 170 Å². The number of carbonyl (C=O) groups excluding carboxylic acids is 1. The maximum absolute atomic E-state index is 13.0. The van der Waals surface area contributed by atoms with Crippen LogP contribution in [-0.2, 0) is 16.0 Å². The van der Waals surface area contributed by atoms with Gasteiger partial charge in [-0.3, -0.25) is 9.69 Å². The number of piperidine rings is 1. The lowest BCUT2D eigenvalue weighted by atomic mass is 10.0. The fraction of sp³-hybridized carbons (Fsp3) is 0.571. The maximum Gasteiger partial charge on any atom is 0.251 e. The van der Waals surface area contributed by atoms with E-state index in [1.165, 1.54) is 0 Å². The van der Waals surface area contributed by atoms with Crippen LogP contribution in [0.4, 0.5) is 0 Å². The molecule has 29 heavy (non-hydrogen) atoms. The first-order valence-corrected chi connectivity index (χ1v) is 10.3. The largest absolute Gasteiger partial charge is 0.496 e. The van der Waals surface area contributed by atoms with Crippen LogP contribution in [0.5, 0.6) is 5.75 Å². The smallest absolute Gasteiger partial charge is 0.251 e. The molecule has 0 radical (unpaired) electrons. The van der Waals surface area contributed by atoms with E-state index in [9.17, 15) is 4.79 Å². The van der Waals surface area contributed by atoms with E-state index in [1.807, 2.05) is 29.2 Å². The van der Waals surface area contributed by atoms with Gasteiger partial charge >= 0.3 is 0 Å². The second-order valence-electron chi connectivity index (χ2n) is 7.53. The molecule has 2 saturated heterocycles. The van der Waals surface area contributed by atoms with Gasteiger partial charge in [-0.1, -0.05) is 12.1 Å². The van der Waals surface area contributed by atoms with Crippen LogP contribution < -0.4 is 4.74 Å². The van der Waals surface area contributed by atoms with Crippen molar-refractivity contribution >= 4 is 5.91 Å². The molecule has 2 aromatic rings. The number of hydrogen-bond donors (Lipinski definition) is 0. The number of morpholine rings is 1. The Morgan fingerprint density at radius 1 is 1.17 bits per heavy atom. The summed E-state index contributed by atoms with van der Waals surface area (Å²) in [5.74, 6) is 1.43. The monoisotopic (exact) mass is 400 g/mol. The van der Waals surface area contributed by atoms with Crippen LogP contribution in [0.2, 0.25) is 0 Å². The van der Waals surface area contributed by atoms with Gasteiger partial charge in [0.15, 0.2) is 0 Å². The third-order valence-electron chi connectivity index (χ3n) is 5.63. The third-order valence-corrected chi connectivity index (χ3v) is 5.63. The molecule has 0 spiro atoms. The van der Waals surface area contributed by atoms with Gasteiger partial charge in [0.25, 0.3) is 5.89 Å². The van der Waals surface area contributed by atoms with Crippen molar-refractivity contribution in [3.05, 3.63) is 30.2 Å². The summed E-state index contributed by atoms with van der Waals surface area (Å²) in [7, 11) is 1.60. The highest BCUT2D eigenvalue weighted by Crippen LogP contribution is 2.28. The highest BCUT2D eigenvalue weighted by Gasteiger charge is 2.29. The summed E-state index contributed by atoms with van der Waals surface area (Å²) in [4.78, 5) is 17.4. The van der Waals surface area contributed by atoms with Crippen molar-refractivity contribution < 1.29 is 18.7 Å². The fourth-order valence-electron chi connectivity index (χ4n) is 4.09. The van der Waals surface area contributed by atoms with Gasteiger partial charge < -0.3 is 18.8 Å². The van der Waals surface area contributed by atoms with E-state index in [4.69, 9.17) is 13.9 Å². The molecule has 2 fully saturated rings. The highest BCUT2D eigenvalue weighted by molar-refractivity contribution is 5.78. The number of amides is 1. The second kappa shape index (κ2) is 9.37. The van der Waals surface area contributed by atoms with E-state index in [2.05, 4.69) is 15.1 Å².